The summed E-state index contributed by atoms with van der Waals surface area (Å²) in [7, 11) is 0. The van der Waals surface area contributed by atoms with Gasteiger partial charge in [-0.05, 0) is 31.0 Å². The molecule has 0 bridgehead atoms. The number of imidazole rings is 1. The molecule has 0 atom stereocenters. The second kappa shape index (κ2) is 6.05. The second-order valence-electron chi connectivity index (χ2n) is 4.17. The maximum Gasteiger partial charge on any atom is 0.125 e. The molecule has 0 unspecified atom stereocenters. The zero-order chi connectivity index (χ0) is 12.8. The van der Waals surface area contributed by atoms with E-state index in [1.165, 1.54) is 12.1 Å². The lowest BCUT2D eigenvalue weighted by atomic mass is 10.2. The van der Waals surface area contributed by atoms with Crippen LogP contribution in [0.3, 0.4) is 0 Å². The summed E-state index contributed by atoms with van der Waals surface area (Å²) in [5.41, 5.74) is 6.98. The Morgan fingerprint density at radius 3 is 3.00 bits per heavy atom. The molecule has 5 heteroatoms. The highest BCUT2D eigenvalue weighted by molar-refractivity contribution is 5.65. The molecule has 3 N–H and O–H groups in total. The summed E-state index contributed by atoms with van der Waals surface area (Å²) in [5, 5.41) is 3.14. The number of aromatic nitrogens is 2. The highest BCUT2D eigenvalue weighted by atomic mass is 19.1. The van der Waals surface area contributed by atoms with Crippen LogP contribution < -0.4 is 11.1 Å². The minimum absolute atomic E-state index is 0.273. The van der Waals surface area contributed by atoms with Gasteiger partial charge in [-0.2, -0.15) is 0 Å². The first kappa shape index (κ1) is 12.4. The Kier molecular flexibility index (Phi) is 4.17. The van der Waals surface area contributed by atoms with Gasteiger partial charge >= 0.3 is 0 Å². The van der Waals surface area contributed by atoms with Crippen LogP contribution in [0.25, 0.3) is 0 Å². The lowest BCUT2D eigenvalue weighted by molar-refractivity contribution is 0.619. The molecule has 0 saturated heterocycles. The number of benzene rings is 1. The van der Waals surface area contributed by atoms with Gasteiger partial charge in [0.2, 0.25) is 0 Å². The molecule has 96 valence electrons. The smallest absolute Gasteiger partial charge is 0.125 e. The highest BCUT2D eigenvalue weighted by Gasteiger charge is 2.00. The molecule has 0 aliphatic rings. The maximum atomic E-state index is 13.0. The molecule has 1 aromatic carbocycles. The Labute approximate surface area is 106 Å². The number of anilines is 2. The van der Waals surface area contributed by atoms with Gasteiger partial charge in [0.25, 0.3) is 0 Å². The number of nitrogens with zero attached hydrogens (tertiary/aromatic N) is 2. The van der Waals surface area contributed by atoms with Crippen molar-refractivity contribution in [3.63, 3.8) is 0 Å². The van der Waals surface area contributed by atoms with Gasteiger partial charge in [0.1, 0.15) is 5.82 Å². The summed E-state index contributed by atoms with van der Waals surface area (Å²) < 4.78 is 15.0. The Morgan fingerprint density at radius 1 is 1.33 bits per heavy atom. The lowest BCUT2D eigenvalue weighted by Crippen LogP contribution is -2.06. The maximum absolute atomic E-state index is 13.0. The van der Waals surface area contributed by atoms with Crippen molar-refractivity contribution in [3.05, 3.63) is 42.7 Å². The van der Waals surface area contributed by atoms with E-state index >= 15 is 0 Å². The first-order chi connectivity index (χ1) is 8.75. The number of halogens is 1. The predicted molar refractivity (Wildman–Crippen MR) is 70.8 cm³/mol. The summed E-state index contributed by atoms with van der Waals surface area (Å²) in [6.45, 7) is 1.72. The number of unbranched alkanes of at least 4 members (excludes halogenated alkanes) is 1. The number of hydrogen-bond acceptors (Lipinski definition) is 3. The Morgan fingerprint density at radius 2 is 2.22 bits per heavy atom. The lowest BCUT2D eigenvalue weighted by Gasteiger charge is -2.09. The molecule has 2 rings (SSSR count). The molecule has 0 amide bonds. The van der Waals surface area contributed by atoms with Crippen molar-refractivity contribution in [2.45, 2.75) is 19.4 Å². The number of rotatable bonds is 6. The van der Waals surface area contributed by atoms with Gasteiger partial charge < -0.3 is 15.6 Å². The molecular formula is C13H17FN4. The SMILES string of the molecule is Nc1ccc(F)cc1NCCCCn1ccnc1. The predicted octanol–water partition coefficient (Wildman–Crippen LogP) is 2.50. The quantitative estimate of drug-likeness (QED) is 0.610. The van der Waals surface area contributed by atoms with Crippen LogP contribution in [0.15, 0.2) is 36.9 Å². The fourth-order valence-corrected chi connectivity index (χ4v) is 1.74. The summed E-state index contributed by atoms with van der Waals surface area (Å²) in [5.74, 6) is -0.273. The Bertz CT molecular complexity index is 482. The molecule has 0 spiro atoms. The second-order valence-corrected chi connectivity index (χ2v) is 4.17. The highest BCUT2D eigenvalue weighted by Crippen LogP contribution is 2.19. The van der Waals surface area contributed by atoms with Gasteiger partial charge in [0.15, 0.2) is 0 Å². The number of hydrogen-bond donors (Lipinski definition) is 2. The Balaban J connectivity index is 1.70. The fourth-order valence-electron chi connectivity index (χ4n) is 1.74. The topological polar surface area (TPSA) is 55.9 Å². The van der Waals surface area contributed by atoms with Crippen molar-refractivity contribution in [2.75, 3.05) is 17.6 Å². The standard InChI is InChI=1S/C13H17FN4/c14-11-3-4-12(15)13(9-11)17-5-1-2-7-18-8-6-16-10-18/h3-4,6,8-10,17H,1-2,5,7,15H2. The molecule has 4 nitrogen and oxygen atoms in total. The van der Waals surface area contributed by atoms with Gasteiger partial charge in [-0.25, -0.2) is 9.37 Å². The zero-order valence-corrected chi connectivity index (χ0v) is 10.1. The minimum Gasteiger partial charge on any atom is -0.397 e. The first-order valence-electron chi connectivity index (χ1n) is 6.00. The van der Waals surface area contributed by atoms with Crippen LogP contribution in [-0.2, 0) is 6.54 Å². The average molecular weight is 248 g/mol. The summed E-state index contributed by atoms with van der Waals surface area (Å²) in [6, 6.07) is 4.36. The van der Waals surface area contributed by atoms with E-state index in [0.29, 0.717) is 11.4 Å². The van der Waals surface area contributed by atoms with E-state index < -0.39 is 0 Å². The molecule has 1 aromatic heterocycles. The number of aryl methyl sites for hydroxylation is 1. The van der Waals surface area contributed by atoms with Crippen LogP contribution >= 0.6 is 0 Å². The summed E-state index contributed by atoms with van der Waals surface area (Å²) in [6.07, 6.45) is 7.55. The Hall–Kier alpha value is -2.04. The van der Waals surface area contributed by atoms with Crippen molar-refractivity contribution in [3.8, 4) is 0 Å². The van der Waals surface area contributed by atoms with Crippen LogP contribution in [0, 0.1) is 5.82 Å². The van der Waals surface area contributed by atoms with Crippen LogP contribution in [-0.4, -0.2) is 16.1 Å². The van der Waals surface area contributed by atoms with Crippen LogP contribution in [0.5, 0.6) is 0 Å². The largest absolute Gasteiger partial charge is 0.397 e. The van der Waals surface area contributed by atoms with Crippen molar-refractivity contribution in [2.24, 2.45) is 0 Å². The van der Waals surface area contributed by atoms with Crippen LogP contribution in [0.4, 0.5) is 15.8 Å². The van der Waals surface area contributed by atoms with E-state index in [-0.39, 0.29) is 5.82 Å². The van der Waals surface area contributed by atoms with E-state index in [1.807, 2.05) is 10.8 Å². The van der Waals surface area contributed by atoms with Gasteiger partial charge in [-0.15, -0.1) is 0 Å². The van der Waals surface area contributed by atoms with Gasteiger partial charge in [-0.1, -0.05) is 0 Å². The molecule has 0 saturated carbocycles. The molecule has 2 aromatic rings. The zero-order valence-electron chi connectivity index (χ0n) is 10.1. The van der Waals surface area contributed by atoms with E-state index in [4.69, 9.17) is 5.73 Å². The molecule has 0 aliphatic heterocycles. The fraction of sp³-hybridized carbons (Fsp3) is 0.308. The van der Waals surface area contributed by atoms with Gasteiger partial charge in [-0.3, -0.25) is 0 Å². The summed E-state index contributed by atoms with van der Waals surface area (Å²) >= 11 is 0. The van der Waals surface area contributed by atoms with E-state index in [9.17, 15) is 4.39 Å². The van der Waals surface area contributed by atoms with Crippen molar-refractivity contribution < 1.29 is 4.39 Å². The van der Waals surface area contributed by atoms with E-state index in [2.05, 4.69) is 10.3 Å². The van der Waals surface area contributed by atoms with Crippen molar-refractivity contribution in [1.82, 2.24) is 9.55 Å². The summed E-state index contributed by atoms with van der Waals surface area (Å²) in [4.78, 5) is 3.98. The molecular weight excluding hydrogens is 231 g/mol. The van der Waals surface area contributed by atoms with Crippen LogP contribution in [0.1, 0.15) is 12.8 Å². The van der Waals surface area contributed by atoms with Crippen LogP contribution in [0.2, 0.25) is 0 Å². The number of nitrogens with two attached hydrogens (primary N) is 1. The molecule has 0 aliphatic carbocycles. The van der Waals surface area contributed by atoms with Crippen molar-refractivity contribution in [1.29, 1.82) is 0 Å². The minimum atomic E-state index is -0.273. The first-order valence-corrected chi connectivity index (χ1v) is 6.00. The van der Waals surface area contributed by atoms with Gasteiger partial charge in [0, 0.05) is 25.5 Å². The average Bonchev–Trinajstić information content (AvgIpc) is 2.86. The molecule has 0 radical (unpaired) electrons. The number of nitrogen functional groups attached to an aromatic ring is 1. The van der Waals surface area contributed by atoms with Gasteiger partial charge in [0.05, 0.1) is 17.7 Å². The number of nitrogens with one attached hydrogen (secondary N) is 1. The third-order valence-corrected chi connectivity index (χ3v) is 2.73. The van der Waals surface area contributed by atoms with Crippen molar-refractivity contribution >= 4 is 11.4 Å². The molecule has 1 heterocycles. The monoisotopic (exact) mass is 248 g/mol. The normalized spacial score (nSPS) is 10.5. The third-order valence-electron chi connectivity index (χ3n) is 2.73. The molecule has 18 heavy (non-hydrogen) atoms. The van der Waals surface area contributed by atoms with E-state index in [0.717, 1.165) is 25.9 Å². The molecule has 0 fully saturated rings. The third kappa shape index (κ3) is 3.48. The van der Waals surface area contributed by atoms with E-state index in [1.54, 1.807) is 18.6 Å².